The summed E-state index contributed by atoms with van der Waals surface area (Å²) in [6, 6.07) is 9.41. The van der Waals surface area contributed by atoms with Gasteiger partial charge >= 0.3 is 0 Å². The molecule has 0 fully saturated rings. The lowest BCUT2D eigenvalue weighted by Crippen LogP contribution is -2.18. The Morgan fingerprint density at radius 1 is 1.19 bits per heavy atom. The van der Waals surface area contributed by atoms with E-state index in [2.05, 4.69) is 61.6 Å². The molecule has 1 atom stereocenters. The van der Waals surface area contributed by atoms with Gasteiger partial charge in [0.15, 0.2) is 0 Å². The topological polar surface area (TPSA) is 29.9 Å². The van der Waals surface area contributed by atoms with Gasteiger partial charge < -0.3 is 5.32 Å². The van der Waals surface area contributed by atoms with Crippen molar-refractivity contribution in [1.82, 2.24) is 15.1 Å². The third kappa shape index (κ3) is 4.18. The van der Waals surface area contributed by atoms with Crippen LogP contribution in [0.25, 0.3) is 0 Å². The minimum Gasteiger partial charge on any atom is -0.313 e. The molecule has 2 aromatic rings. The Hall–Kier alpha value is -1.61. The molecule has 1 N–H and O–H groups in total. The first-order valence-electron chi connectivity index (χ1n) is 7.65. The van der Waals surface area contributed by atoms with E-state index in [0.29, 0.717) is 6.04 Å². The van der Waals surface area contributed by atoms with Gasteiger partial charge in [0, 0.05) is 19.3 Å². The van der Waals surface area contributed by atoms with E-state index in [-0.39, 0.29) is 5.41 Å². The van der Waals surface area contributed by atoms with E-state index in [4.69, 9.17) is 0 Å². The van der Waals surface area contributed by atoms with Crippen molar-refractivity contribution in [3.05, 3.63) is 53.3 Å². The summed E-state index contributed by atoms with van der Waals surface area (Å²) in [5.74, 6) is 0. The van der Waals surface area contributed by atoms with Gasteiger partial charge in [-0.1, -0.05) is 45.0 Å². The van der Waals surface area contributed by atoms with Gasteiger partial charge in [-0.15, -0.1) is 0 Å². The summed E-state index contributed by atoms with van der Waals surface area (Å²) in [5, 5.41) is 7.65. The molecule has 3 nitrogen and oxygen atoms in total. The van der Waals surface area contributed by atoms with Crippen LogP contribution in [0.15, 0.2) is 36.7 Å². The zero-order valence-electron chi connectivity index (χ0n) is 13.9. The maximum Gasteiger partial charge on any atom is 0.0521 e. The third-order valence-corrected chi connectivity index (χ3v) is 4.01. The molecule has 1 heterocycles. The molecule has 0 spiro atoms. The number of aryl methyl sites for hydroxylation is 2. The van der Waals surface area contributed by atoms with Gasteiger partial charge in [-0.2, -0.15) is 5.10 Å². The van der Waals surface area contributed by atoms with E-state index in [1.54, 1.807) is 0 Å². The zero-order valence-corrected chi connectivity index (χ0v) is 13.9. The average molecular weight is 285 g/mol. The monoisotopic (exact) mass is 285 g/mol. The number of benzene rings is 1. The summed E-state index contributed by atoms with van der Waals surface area (Å²) in [4.78, 5) is 0. The Bertz CT molecular complexity index is 561. The summed E-state index contributed by atoms with van der Waals surface area (Å²) < 4.78 is 1.86. The molecule has 2 rings (SSSR count). The highest BCUT2D eigenvalue weighted by Gasteiger charge is 2.15. The fourth-order valence-electron chi connectivity index (χ4n) is 2.61. The number of hydrogen-bond acceptors (Lipinski definition) is 2. The highest BCUT2D eigenvalue weighted by molar-refractivity contribution is 5.29. The van der Waals surface area contributed by atoms with Gasteiger partial charge in [-0.25, -0.2) is 0 Å². The van der Waals surface area contributed by atoms with Crippen LogP contribution in [-0.2, 0) is 18.9 Å². The average Bonchev–Trinajstić information content (AvgIpc) is 2.85. The summed E-state index contributed by atoms with van der Waals surface area (Å²) in [6.45, 7) is 6.75. The normalized spacial score (nSPS) is 13.4. The Morgan fingerprint density at radius 2 is 1.86 bits per heavy atom. The van der Waals surface area contributed by atoms with E-state index in [1.165, 1.54) is 16.7 Å². The number of nitrogens with one attached hydrogen (secondary N) is 1. The van der Waals surface area contributed by atoms with Crippen molar-refractivity contribution in [2.24, 2.45) is 7.05 Å². The maximum atomic E-state index is 4.23. The lowest BCUT2D eigenvalue weighted by Gasteiger charge is -2.21. The molecule has 0 amide bonds. The predicted octanol–water partition coefficient (Wildman–Crippen LogP) is 3.61. The summed E-state index contributed by atoms with van der Waals surface area (Å²) in [6.07, 6.45) is 6.17. The maximum absolute atomic E-state index is 4.23. The van der Waals surface area contributed by atoms with Crippen LogP contribution in [0.4, 0.5) is 0 Å². The fourth-order valence-corrected chi connectivity index (χ4v) is 2.61. The summed E-state index contributed by atoms with van der Waals surface area (Å²) in [7, 11) is 4.00. The number of nitrogens with zero attached hydrogens (tertiary/aromatic N) is 2. The number of aromatic nitrogens is 2. The molecular formula is C18H27N3. The molecule has 0 aliphatic carbocycles. The van der Waals surface area contributed by atoms with Crippen LogP contribution in [0, 0.1) is 0 Å². The molecule has 1 aromatic carbocycles. The Kier molecular flexibility index (Phi) is 4.84. The van der Waals surface area contributed by atoms with Crippen LogP contribution in [0.1, 0.15) is 49.9 Å². The lowest BCUT2D eigenvalue weighted by molar-refractivity contribution is 0.547. The Balaban J connectivity index is 2.03. The van der Waals surface area contributed by atoms with Crippen molar-refractivity contribution in [1.29, 1.82) is 0 Å². The zero-order chi connectivity index (χ0) is 15.5. The molecule has 21 heavy (non-hydrogen) atoms. The molecule has 0 saturated carbocycles. The summed E-state index contributed by atoms with van der Waals surface area (Å²) >= 11 is 0. The number of rotatable bonds is 5. The van der Waals surface area contributed by atoms with E-state index >= 15 is 0 Å². The molecule has 0 bridgehead atoms. The van der Waals surface area contributed by atoms with Crippen LogP contribution >= 0.6 is 0 Å². The predicted molar refractivity (Wildman–Crippen MR) is 88.5 cm³/mol. The molecule has 3 heteroatoms. The van der Waals surface area contributed by atoms with E-state index in [9.17, 15) is 0 Å². The quantitative estimate of drug-likeness (QED) is 0.909. The van der Waals surface area contributed by atoms with E-state index in [0.717, 1.165) is 12.8 Å². The third-order valence-electron chi connectivity index (χ3n) is 4.01. The molecule has 1 aromatic heterocycles. The van der Waals surface area contributed by atoms with Gasteiger partial charge in [0.25, 0.3) is 0 Å². The first-order chi connectivity index (χ1) is 9.90. The smallest absolute Gasteiger partial charge is 0.0521 e. The SMILES string of the molecule is CNC(CCc1cnn(C)c1)c1ccc(C(C)(C)C)cc1. The highest BCUT2D eigenvalue weighted by atomic mass is 15.2. The van der Waals surface area contributed by atoms with Crippen LogP contribution in [0.3, 0.4) is 0 Å². The van der Waals surface area contributed by atoms with E-state index < -0.39 is 0 Å². The second kappa shape index (κ2) is 6.44. The molecule has 0 saturated heterocycles. The standard InChI is InChI=1S/C18H27N3/c1-18(2,3)16-9-7-15(8-10-16)17(19-4)11-6-14-12-20-21(5)13-14/h7-10,12-13,17,19H,6,11H2,1-5H3. The fraction of sp³-hybridized carbons (Fsp3) is 0.500. The lowest BCUT2D eigenvalue weighted by atomic mass is 9.86. The van der Waals surface area contributed by atoms with Crippen molar-refractivity contribution in [2.75, 3.05) is 7.05 Å². The van der Waals surface area contributed by atoms with Gasteiger partial charge in [0.2, 0.25) is 0 Å². The van der Waals surface area contributed by atoms with Crippen LogP contribution < -0.4 is 5.32 Å². The van der Waals surface area contributed by atoms with Crippen LogP contribution in [0.2, 0.25) is 0 Å². The minimum atomic E-state index is 0.212. The molecule has 1 unspecified atom stereocenters. The first kappa shape index (κ1) is 15.8. The second-order valence-corrected chi connectivity index (χ2v) is 6.77. The summed E-state index contributed by atoms with van der Waals surface area (Å²) in [5.41, 5.74) is 4.25. The second-order valence-electron chi connectivity index (χ2n) is 6.77. The van der Waals surface area contributed by atoms with Gasteiger partial charge in [0.1, 0.15) is 0 Å². The minimum absolute atomic E-state index is 0.212. The van der Waals surface area contributed by atoms with Crippen molar-refractivity contribution in [3.63, 3.8) is 0 Å². The molecule has 0 aliphatic heterocycles. The molecule has 0 radical (unpaired) electrons. The van der Waals surface area contributed by atoms with Crippen LogP contribution in [0.5, 0.6) is 0 Å². The Morgan fingerprint density at radius 3 is 2.33 bits per heavy atom. The van der Waals surface area contributed by atoms with Crippen LogP contribution in [-0.4, -0.2) is 16.8 Å². The number of hydrogen-bond donors (Lipinski definition) is 1. The van der Waals surface area contributed by atoms with E-state index in [1.807, 2.05) is 25.0 Å². The van der Waals surface area contributed by atoms with Crippen molar-refractivity contribution >= 4 is 0 Å². The molecule has 114 valence electrons. The van der Waals surface area contributed by atoms with Crippen molar-refractivity contribution in [3.8, 4) is 0 Å². The van der Waals surface area contributed by atoms with Gasteiger partial charge in [-0.05, 0) is 42.0 Å². The van der Waals surface area contributed by atoms with Gasteiger partial charge in [0.05, 0.1) is 6.20 Å². The molecule has 0 aliphatic rings. The molecular weight excluding hydrogens is 258 g/mol. The van der Waals surface area contributed by atoms with Gasteiger partial charge in [-0.3, -0.25) is 4.68 Å². The largest absolute Gasteiger partial charge is 0.313 e. The first-order valence-corrected chi connectivity index (χ1v) is 7.65. The van der Waals surface area contributed by atoms with Crippen molar-refractivity contribution < 1.29 is 0 Å². The Labute approximate surface area is 128 Å². The van der Waals surface area contributed by atoms with Crippen molar-refractivity contribution in [2.45, 2.75) is 45.1 Å². The highest BCUT2D eigenvalue weighted by Crippen LogP contribution is 2.25.